The predicted molar refractivity (Wildman–Crippen MR) is 66.1 cm³/mol. The van der Waals surface area contributed by atoms with E-state index in [9.17, 15) is 14.4 Å². The van der Waals surface area contributed by atoms with Gasteiger partial charge in [-0.3, -0.25) is 9.59 Å². The van der Waals surface area contributed by atoms with Crippen molar-refractivity contribution in [3.63, 3.8) is 0 Å². The summed E-state index contributed by atoms with van der Waals surface area (Å²) in [5.74, 6) is -0.780. The van der Waals surface area contributed by atoms with Crippen LogP contribution in [0, 0.1) is 5.92 Å². The van der Waals surface area contributed by atoms with Crippen molar-refractivity contribution in [1.82, 2.24) is 4.90 Å². The highest BCUT2D eigenvalue weighted by Gasteiger charge is 2.37. The molecule has 2 N–H and O–H groups in total. The molecule has 1 fully saturated rings. The molecule has 7 heteroatoms. The van der Waals surface area contributed by atoms with Crippen LogP contribution < -0.4 is 0 Å². The molecule has 1 rings (SSSR count). The third-order valence-corrected chi connectivity index (χ3v) is 3.87. The third kappa shape index (κ3) is 3.99. The lowest BCUT2D eigenvalue weighted by atomic mass is 10.1. The fraction of sp³-hybridized carbons (Fsp3) is 0.727. The highest BCUT2D eigenvalue weighted by molar-refractivity contribution is 8.13. The molecule has 6 nitrogen and oxygen atoms in total. The van der Waals surface area contributed by atoms with E-state index in [1.165, 1.54) is 11.8 Å². The molecule has 1 saturated heterocycles. The molecule has 0 saturated carbocycles. The van der Waals surface area contributed by atoms with Crippen LogP contribution in [0.2, 0.25) is 0 Å². The molecule has 0 radical (unpaired) electrons. The molecule has 1 aliphatic rings. The minimum atomic E-state index is -1.10. The van der Waals surface area contributed by atoms with Crippen LogP contribution in [0.15, 0.2) is 0 Å². The normalized spacial score (nSPS) is 21.1. The maximum Gasteiger partial charge on any atom is 0.326 e. The van der Waals surface area contributed by atoms with Gasteiger partial charge in [-0.1, -0.05) is 11.8 Å². The van der Waals surface area contributed by atoms with Crippen LogP contribution >= 0.6 is 11.8 Å². The molecule has 0 aromatic carbocycles. The van der Waals surface area contributed by atoms with Gasteiger partial charge in [-0.2, -0.15) is 0 Å². The zero-order valence-corrected chi connectivity index (χ0v) is 11.0. The summed E-state index contributed by atoms with van der Waals surface area (Å²) in [6.45, 7) is 1.54. The average Bonchev–Trinajstić information content (AvgIpc) is 2.64. The minimum absolute atomic E-state index is 0.00643. The summed E-state index contributed by atoms with van der Waals surface area (Å²) >= 11 is 1.15. The Morgan fingerprint density at radius 1 is 1.56 bits per heavy atom. The smallest absolute Gasteiger partial charge is 0.326 e. The molecule has 0 bridgehead atoms. The maximum absolute atomic E-state index is 11.7. The van der Waals surface area contributed by atoms with E-state index in [0.29, 0.717) is 12.3 Å². The summed E-state index contributed by atoms with van der Waals surface area (Å²) in [6, 6.07) is -0.963. The number of hydrogen-bond donors (Lipinski definition) is 2. The SMILES string of the molecule is CC(=O)SCC1CC(=O)N(C(CCO)C(=O)O)C1. The number of rotatable bonds is 6. The van der Waals surface area contributed by atoms with E-state index in [-0.39, 0.29) is 36.4 Å². The van der Waals surface area contributed by atoms with Gasteiger partial charge < -0.3 is 15.1 Å². The quantitative estimate of drug-likeness (QED) is 0.705. The molecule has 0 spiro atoms. The molecule has 2 unspecified atom stereocenters. The zero-order chi connectivity index (χ0) is 13.7. The summed E-state index contributed by atoms with van der Waals surface area (Å²) in [5, 5.41) is 17.8. The molecule has 2 atom stereocenters. The number of hydrogen-bond acceptors (Lipinski definition) is 5. The number of amides is 1. The van der Waals surface area contributed by atoms with E-state index in [4.69, 9.17) is 10.2 Å². The number of carboxylic acids is 1. The number of aliphatic carboxylic acids is 1. The van der Waals surface area contributed by atoms with Gasteiger partial charge in [-0.25, -0.2) is 4.79 Å². The van der Waals surface area contributed by atoms with Crippen molar-refractivity contribution in [2.45, 2.75) is 25.8 Å². The van der Waals surface area contributed by atoms with Crippen molar-refractivity contribution in [1.29, 1.82) is 0 Å². The van der Waals surface area contributed by atoms with E-state index < -0.39 is 12.0 Å². The van der Waals surface area contributed by atoms with E-state index >= 15 is 0 Å². The molecule has 18 heavy (non-hydrogen) atoms. The highest BCUT2D eigenvalue weighted by atomic mass is 32.2. The Kier molecular flexibility index (Phi) is 5.61. The van der Waals surface area contributed by atoms with Crippen LogP contribution in [0.1, 0.15) is 19.8 Å². The van der Waals surface area contributed by atoms with Gasteiger partial charge in [0.25, 0.3) is 0 Å². The molecular formula is C11H17NO5S. The molecule has 102 valence electrons. The number of likely N-dealkylation sites (tertiary alicyclic amines) is 1. The molecule has 1 amide bonds. The maximum atomic E-state index is 11.7. The summed E-state index contributed by atoms with van der Waals surface area (Å²) in [5.41, 5.74) is 0. The second kappa shape index (κ2) is 6.75. The zero-order valence-electron chi connectivity index (χ0n) is 10.2. The molecule has 1 aliphatic heterocycles. The number of aliphatic hydroxyl groups is 1. The number of aliphatic hydroxyl groups excluding tert-OH is 1. The molecular weight excluding hydrogens is 258 g/mol. The number of carbonyl (C=O) groups excluding carboxylic acids is 2. The van der Waals surface area contributed by atoms with Crippen LogP contribution in [0.3, 0.4) is 0 Å². The van der Waals surface area contributed by atoms with E-state index in [0.717, 1.165) is 11.8 Å². The standard InChI is InChI=1S/C11H17NO5S/c1-7(14)18-6-8-4-10(15)12(5-8)9(2-3-13)11(16)17/h8-9,13H,2-6H2,1H3,(H,16,17). The second-order valence-electron chi connectivity index (χ2n) is 4.29. The lowest BCUT2D eigenvalue weighted by molar-refractivity contribution is -0.149. The Morgan fingerprint density at radius 2 is 2.22 bits per heavy atom. The Morgan fingerprint density at radius 3 is 2.72 bits per heavy atom. The second-order valence-corrected chi connectivity index (χ2v) is 5.48. The fourth-order valence-electron chi connectivity index (χ4n) is 1.99. The Hall–Kier alpha value is -1.08. The molecule has 1 heterocycles. The molecule has 0 aromatic rings. The number of thioether (sulfide) groups is 1. The number of carbonyl (C=O) groups is 3. The van der Waals surface area contributed by atoms with Crippen molar-refractivity contribution in [2.24, 2.45) is 5.92 Å². The van der Waals surface area contributed by atoms with E-state index in [1.807, 2.05) is 0 Å². The lowest BCUT2D eigenvalue weighted by Crippen LogP contribution is -2.42. The Labute approximate surface area is 109 Å². The van der Waals surface area contributed by atoms with Crippen molar-refractivity contribution < 1.29 is 24.6 Å². The number of nitrogens with zero attached hydrogens (tertiary/aromatic N) is 1. The summed E-state index contributed by atoms with van der Waals surface area (Å²) in [4.78, 5) is 34.9. The van der Waals surface area contributed by atoms with Crippen LogP contribution in [-0.4, -0.2) is 57.1 Å². The van der Waals surface area contributed by atoms with Gasteiger partial charge in [0.15, 0.2) is 5.12 Å². The lowest BCUT2D eigenvalue weighted by Gasteiger charge is -2.24. The minimum Gasteiger partial charge on any atom is -0.480 e. The van der Waals surface area contributed by atoms with Gasteiger partial charge in [-0.15, -0.1) is 0 Å². The van der Waals surface area contributed by atoms with E-state index in [2.05, 4.69) is 0 Å². The summed E-state index contributed by atoms with van der Waals surface area (Å²) < 4.78 is 0. The molecule has 0 aromatic heterocycles. The van der Waals surface area contributed by atoms with Crippen LogP contribution in [0.5, 0.6) is 0 Å². The van der Waals surface area contributed by atoms with Crippen LogP contribution in [-0.2, 0) is 14.4 Å². The monoisotopic (exact) mass is 275 g/mol. The van der Waals surface area contributed by atoms with Gasteiger partial charge in [0.2, 0.25) is 5.91 Å². The average molecular weight is 275 g/mol. The predicted octanol–water partition coefficient (Wildman–Crippen LogP) is -0.0498. The summed E-state index contributed by atoms with van der Waals surface area (Å²) in [7, 11) is 0. The first-order valence-electron chi connectivity index (χ1n) is 5.72. The number of carboxylic acid groups (broad SMARTS) is 1. The van der Waals surface area contributed by atoms with Gasteiger partial charge in [0, 0.05) is 38.7 Å². The topological polar surface area (TPSA) is 94.9 Å². The molecule has 0 aliphatic carbocycles. The first kappa shape index (κ1) is 15.0. The van der Waals surface area contributed by atoms with Crippen molar-refractivity contribution in [3.05, 3.63) is 0 Å². The van der Waals surface area contributed by atoms with Crippen molar-refractivity contribution in [2.75, 3.05) is 18.9 Å². The van der Waals surface area contributed by atoms with Crippen LogP contribution in [0.4, 0.5) is 0 Å². The van der Waals surface area contributed by atoms with Crippen LogP contribution in [0.25, 0.3) is 0 Å². The third-order valence-electron chi connectivity index (χ3n) is 2.82. The summed E-state index contributed by atoms with van der Waals surface area (Å²) in [6.07, 6.45) is 0.309. The first-order chi connectivity index (χ1) is 8.45. The van der Waals surface area contributed by atoms with Crippen molar-refractivity contribution in [3.8, 4) is 0 Å². The Bertz CT molecular complexity index is 346. The Balaban J connectivity index is 2.59. The van der Waals surface area contributed by atoms with Gasteiger partial charge in [0.1, 0.15) is 6.04 Å². The largest absolute Gasteiger partial charge is 0.480 e. The first-order valence-corrected chi connectivity index (χ1v) is 6.70. The fourth-order valence-corrected chi connectivity index (χ4v) is 2.69. The highest BCUT2D eigenvalue weighted by Crippen LogP contribution is 2.25. The van der Waals surface area contributed by atoms with Gasteiger partial charge in [-0.05, 0) is 5.92 Å². The van der Waals surface area contributed by atoms with Crippen molar-refractivity contribution >= 4 is 28.8 Å². The van der Waals surface area contributed by atoms with Gasteiger partial charge in [0.05, 0.1) is 0 Å². The van der Waals surface area contributed by atoms with E-state index in [1.54, 1.807) is 0 Å². The van der Waals surface area contributed by atoms with Gasteiger partial charge >= 0.3 is 5.97 Å².